The van der Waals surface area contributed by atoms with Gasteiger partial charge in [-0.05, 0) is 36.4 Å². The molecule has 0 bridgehead atoms. The fraction of sp³-hybridized carbons (Fsp3) is 0.0526. The molecule has 0 unspecified atom stereocenters. The number of thiazole rings is 1. The molecule has 4 rings (SSSR count). The highest BCUT2D eigenvalue weighted by molar-refractivity contribution is 7.21. The van der Waals surface area contributed by atoms with Gasteiger partial charge >= 0.3 is 6.18 Å². The Morgan fingerprint density at radius 1 is 1.00 bits per heavy atom. The average Bonchev–Trinajstić information content (AvgIpc) is 3.14. The molecule has 2 aromatic heterocycles. The summed E-state index contributed by atoms with van der Waals surface area (Å²) in [4.78, 5) is 24.2. The third kappa shape index (κ3) is 4.55. The number of anilines is 4. The van der Waals surface area contributed by atoms with Crippen molar-refractivity contribution in [3.05, 3.63) is 63.9 Å². The number of aromatic nitrogens is 3. The molecule has 0 saturated heterocycles. The summed E-state index contributed by atoms with van der Waals surface area (Å²) in [5.74, 6) is 0.322. The SMILES string of the molecule is O=Cc1cc(Cl)c(Nc2nc3c(Nc4ccc(C(F)(F)F)cc4)ncnc3s2)c(Cl)c1. The molecular weight excluding hydrogens is 474 g/mol. The number of rotatable bonds is 5. The molecule has 2 N–H and O–H groups in total. The Hall–Kier alpha value is -2.95. The Labute approximate surface area is 187 Å². The minimum atomic E-state index is -4.41. The quantitative estimate of drug-likeness (QED) is 0.307. The van der Waals surface area contributed by atoms with Crippen LogP contribution in [0.3, 0.4) is 0 Å². The number of carbonyl (C=O) groups is 1. The summed E-state index contributed by atoms with van der Waals surface area (Å²) in [6.45, 7) is 0. The van der Waals surface area contributed by atoms with Crippen LogP contribution in [0.5, 0.6) is 0 Å². The van der Waals surface area contributed by atoms with E-state index in [2.05, 4.69) is 25.6 Å². The Morgan fingerprint density at radius 3 is 2.29 bits per heavy atom. The van der Waals surface area contributed by atoms with Crippen molar-refractivity contribution in [3.63, 3.8) is 0 Å². The van der Waals surface area contributed by atoms with Crippen LogP contribution >= 0.6 is 34.5 Å². The molecule has 158 valence electrons. The van der Waals surface area contributed by atoms with Crippen molar-refractivity contribution in [2.45, 2.75) is 6.18 Å². The summed E-state index contributed by atoms with van der Waals surface area (Å²) in [5, 5.41) is 6.84. The zero-order valence-corrected chi connectivity index (χ0v) is 17.5. The van der Waals surface area contributed by atoms with Crippen LogP contribution < -0.4 is 10.6 Å². The highest BCUT2D eigenvalue weighted by Gasteiger charge is 2.30. The monoisotopic (exact) mass is 483 g/mol. The molecule has 0 aliphatic heterocycles. The Bertz CT molecular complexity index is 1260. The van der Waals surface area contributed by atoms with Crippen molar-refractivity contribution >= 4 is 73.5 Å². The normalized spacial score (nSPS) is 11.5. The number of nitrogens with one attached hydrogen (secondary N) is 2. The Kier molecular flexibility index (Phi) is 5.69. The van der Waals surface area contributed by atoms with Gasteiger partial charge in [-0.25, -0.2) is 15.0 Å². The van der Waals surface area contributed by atoms with E-state index in [1.54, 1.807) is 0 Å². The van der Waals surface area contributed by atoms with Gasteiger partial charge < -0.3 is 10.6 Å². The third-order valence-electron chi connectivity index (χ3n) is 4.10. The van der Waals surface area contributed by atoms with E-state index in [0.717, 1.165) is 12.1 Å². The summed E-state index contributed by atoms with van der Waals surface area (Å²) >= 11 is 13.6. The maximum atomic E-state index is 12.7. The van der Waals surface area contributed by atoms with E-state index >= 15 is 0 Å². The molecule has 2 heterocycles. The predicted octanol–water partition coefficient (Wildman–Crippen LogP) is 6.71. The number of hydrogen-bond acceptors (Lipinski definition) is 7. The number of carbonyl (C=O) groups excluding carboxylic acids is 1. The molecule has 12 heteroatoms. The third-order valence-corrected chi connectivity index (χ3v) is 5.58. The Morgan fingerprint density at radius 2 is 1.68 bits per heavy atom. The van der Waals surface area contributed by atoms with Crippen LogP contribution in [0.4, 0.5) is 35.5 Å². The first kappa shape index (κ1) is 21.3. The van der Waals surface area contributed by atoms with E-state index in [1.165, 1.54) is 41.9 Å². The molecule has 0 fully saturated rings. The second-order valence-electron chi connectivity index (χ2n) is 6.20. The van der Waals surface area contributed by atoms with Gasteiger partial charge in [0.2, 0.25) is 0 Å². The lowest BCUT2D eigenvalue weighted by Crippen LogP contribution is -2.04. The van der Waals surface area contributed by atoms with Crippen molar-refractivity contribution < 1.29 is 18.0 Å². The van der Waals surface area contributed by atoms with Gasteiger partial charge in [-0.3, -0.25) is 4.79 Å². The van der Waals surface area contributed by atoms with Crippen molar-refractivity contribution in [1.29, 1.82) is 0 Å². The van der Waals surface area contributed by atoms with Gasteiger partial charge in [0.05, 0.1) is 21.3 Å². The van der Waals surface area contributed by atoms with Gasteiger partial charge in [0.25, 0.3) is 0 Å². The van der Waals surface area contributed by atoms with E-state index in [4.69, 9.17) is 23.2 Å². The molecule has 2 aromatic carbocycles. The van der Waals surface area contributed by atoms with Crippen molar-refractivity contribution in [2.75, 3.05) is 10.6 Å². The van der Waals surface area contributed by atoms with Gasteiger partial charge in [0.15, 0.2) is 15.8 Å². The van der Waals surface area contributed by atoms with Crippen molar-refractivity contribution in [2.24, 2.45) is 0 Å². The lowest BCUT2D eigenvalue weighted by Gasteiger charge is -2.09. The summed E-state index contributed by atoms with van der Waals surface area (Å²) in [7, 11) is 0. The van der Waals surface area contributed by atoms with Gasteiger partial charge in [0.1, 0.15) is 18.1 Å². The number of aldehydes is 1. The summed E-state index contributed by atoms with van der Waals surface area (Å²) < 4.78 is 38.2. The standard InChI is InChI=1S/C19H10Cl2F3N5OS/c20-12-5-9(7-30)6-13(21)14(12)28-18-29-15-16(25-8-26-17(15)31-18)27-11-3-1-10(2-4-11)19(22,23)24/h1-8H,(H,28,29)(H,25,26,27). The second kappa shape index (κ2) is 8.29. The smallest absolute Gasteiger partial charge is 0.338 e. The molecule has 0 radical (unpaired) electrons. The topological polar surface area (TPSA) is 79.8 Å². The molecule has 0 spiro atoms. The molecule has 0 aliphatic carbocycles. The largest absolute Gasteiger partial charge is 0.416 e. The van der Waals surface area contributed by atoms with Crippen LogP contribution in [0.1, 0.15) is 15.9 Å². The van der Waals surface area contributed by atoms with Crippen LogP contribution in [0.2, 0.25) is 10.0 Å². The summed E-state index contributed by atoms with van der Waals surface area (Å²) in [6.07, 6.45) is -2.47. The number of nitrogens with zero attached hydrogens (tertiary/aromatic N) is 3. The fourth-order valence-electron chi connectivity index (χ4n) is 2.67. The lowest BCUT2D eigenvalue weighted by molar-refractivity contribution is -0.137. The molecule has 0 amide bonds. The zero-order valence-electron chi connectivity index (χ0n) is 15.2. The molecular formula is C19H10Cl2F3N5OS. The molecule has 31 heavy (non-hydrogen) atoms. The van der Waals surface area contributed by atoms with Gasteiger partial charge in [-0.1, -0.05) is 34.5 Å². The number of fused-ring (bicyclic) bond motifs is 1. The first-order chi connectivity index (χ1) is 14.7. The van der Waals surface area contributed by atoms with Crippen LogP contribution in [-0.4, -0.2) is 21.2 Å². The van der Waals surface area contributed by atoms with E-state index in [1.807, 2.05) is 0 Å². The molecule has 0 aliphatic rings. The maximum absolute atomic E-state index is 12.7. The fourth-order valence-corrected chi connectivity index (χ4v) is 4.08. The van der Waals surface area contributed by atoms with Gasteiger partial charge in [-0.15, -0.1) is 0 Å². The average molecular weight is 484 g/mol. The first-order valence-electron chi connectivity index (χ1n) is 8.51. The number of hydrogen-bond donors (Lipinski definition) is 2. The lowest BCUT2D eigenvalue weighted by atomic mass is 10.2. The highest BCUT2D eigenvalue weighted by Crippen LogP contribution is 2.37. The number of benzene rings is 2. The van der Waals surface area contributed by atoms with Gasteiger partial charge in [0, 0.05) is 11.3 Å². The maximum Gasteiger partial charge on any atom is 0.416 e. The number of halogens is 5. The summed E-state index contributed by atoms with van der Waals surface area (Å²) in [5.41, 5.74) is 0.773. The van der Waals surface area contributed by atoms with E-state index in [9.17, 15) is 18.0 Å². The van der Waals surface area contributed by atoms with Crippen LogP contribution in [-0.2, 0) is 6.18 Å². The van der Waals surface area contributed by atoms with E-state index in [-0.39, 0.29) is 10.0 Å². The first-order valence-corrected chi connectivity index (χ1v) is 10.1. The molecule has 0 atom stereocenters. The minimum Gasteiger partial charge on any atom is -0.338 e. The molecule has 4 aromatic rings. The van der Waals surface area contributed by atoms with Gasteiger partial charge in [-0.2, -0.15) is 13.2 Å². The summed E-state index contributed by atoms with van der Waals surface area (Å²) in [6, 6.07) is 7.48. The molecule has 6 nitrogen and oxygen atoms in total. The van der Waals surface area contributed by atoms with Crippen molar-refractivity contribution in [1.82, 2.24) is 15.0 Å². The zero-order chi connectivity index (χ0) is 22.2. The van der Waals surface area contributed by atoms with Crippen LogP contribution in [0, 0.1) is 0 Å². The highest BCUT2D eigenvalue weighted by atomic mass is 35.5. The van der Waals surface area contributed by atoms with E-state index < -0.39 is 11.7 Å². The van der Waals surface area contributed by atoms with E-state index in [0.29, 0.717) is 44.5 Å². The second-order valence-corrected chi connectivity index (χ2v) is 7.99. The van der Waals surface area contributed by atoms with Crippen molar-refractivity contribution in [3.8, 4) is 0 Å². The van der Waals surface area contributed by atoms with Crippen LogP contribution in [0.25, 0.3) is 10.3 Å². The molecule has 0 saturated carbocycles. The van der Waals surface area contributed by atoms with Crippen LogP contribution in [0.15, 0.2) is 42.7 Å². The Balaban J connectivity index is 1.63. The predicted molar refractivity (Wildman–Crippen MR) is 115 cm³/mol. The number of alkyl halides is 3. The minimum absolute atomic E-state index is 0.239.